The highest BCUT2D eigenvalue weighted by Gasteiger charge is 2.31. The van der Waals surface area contributed by atoms with Gasteiger partial charge in [0.05, 0.1) is 17.4 Å². The summed E-state index contributed by atoms with van der Waals surface area (Å²) in [7, 11) is 0. The van der Waals surface area contributed by atoms with E-state index in [1.165, 1.54) is 0 Å². The molecule has 126 valence electrons. The van der Waals surface area contributed by atoms with Gasteiger partial charge in [-0.1, -0.05) is 0 Å². The number of nitrogens with one attached hydrogen (secondary N) is 2. The zero-order valence-electron chi connectivity index (χ0n) is 13.7. The third-order valence-electron chi connectivity index (χ3n) is 4.55. The molecule has 2 N–H and O–H groups in total. The number of aryl methyl sites for hydroxylation is 1. The Morgan fingerprint density at radius 1 is 1.38 bits per heavy atom. The number of aromatic amines is 1. The van der Waals surface area contributed by atoms with Gasteiger partial charge in [-0.25, -0.2) is 4.98 Å². The van der Waals surface area contributed by atoms with Gasteiger partial charge < -0.3 is 10.1 Å². The van der Waals surface area contributed by atoms with Crippen molar-refractivity contribution in [3.63, 3.8) is 0 Å². The fourth-order valence-corrected chi connectivity index (χ4v) is 3.14. The SMILES string of the molecule is Cc1nc([C@@H]2CC[C@H](CNC(=O)c3cccnc3C3CC3)O2)n[nH]1. The van der Waals surface area contributed by atoms with Gasteiger partial charge in [0.25, 0.3) is 5.91 Å². The standard InChI is InChI=1S/C17H21N5O2/c1-10-20-16(22-21-10)14-7-6-12(24-14)9-19-17(23)13-3-2-8-18-15(13)11-4-5-11/h2-3,8,11-12,14H,4-7,9H2,1H3,(H,19,23)(H,20,21,22)/t12-,14+/m1/s1. The summed E-state index contributed by atoms with van der Waals surface area (Å²) in [6, 6.07) is 3.67. The number of ether oxygens (including phenoxy) is 1. The van der Waals surface area contributed by atoms with E-state index in [0.29, 0.717) is 23.9 Å². The summed E-state index contributed by atoms with van der Waals surface area (Å²) in [6.07, 6.45) is 5.69. The third kappa shape index (κ3) is 3.17. The van der Waals surface area contributed by atoms with E-state index in [1.54, 1.807) is 6.20 Å². The maximum Gasteiger partial charge on any atom is 0.253 e. The summed E-state index contributed by atoms with van der Waals surface area (Å²) in [4.78, 5) is 21.2. The van der Waals surface area contributed by atoms with Gasteiger partial charge in [-0.15, -0.1) is 0 Å². The molecule has 2 fully saturated rings. The van der Waals surface area contributed by atoms with Crippen molar-refractivity contribution in [1.82, 2.24) is 25.5 Å². The average molecular weight is 327 g/mol. The normalized spacial score (nSPS) is 23.4. The van der Waals surface area contributed by atoms with E-state index in [0.717, 1.165) is 37.2 Å². The predicted molar refractivity (Wildman–Crippen MR) is 86.5 cm³/mol. The Labute approximate surface area is 140 Å². The molecule has 1 saturated heterocycles. The van der Waals surface area contributed by atoms with Crippen molar-refractivity contribution in [2.45, 2.75) is 50.7 Å². The minimum Gasteiger partial charge on any atom is -0.365 e. The van der Waals surface area contributed by atoms with Crippen LogP contribution in [0.25, 0.3) is 0 Å². The van der Waals surface area contributed by atoms with Gasteiger partial charge in [0.1, 0.15) is 11.9 Å². The van der Waals surface area contributed by atoms with Gasteiger partial charge in [0, 0.05) is 18.7 Å². The van der Waals surface area contributed by atoms with Crippen molar-refractivity contribution >= 4 is 5.91 Å². The van der Waals surface area contributed by atoms with Crippen LogP contribution in [0, 0.1) is 6.92 Å². The minimum absolute atomic E-state index is 0.00111. The Bertz CT molecular complexity index is 740. The van der Waals surface area contributed by atoms with Crippen LogP contribution in [0.3, 0.4) is 0 Å². The quantitative estimate of drug-likeness (QED) is 0.876. The highest BCUT2D eigenvalue weighted by Crippen LogP contribution is 2.40. The number of aromatic nitrogens is 4. The molecule has 0 bridgehead atoms. The van der Waals surface area contributed by atoms with Crippen molar-refractivity contribution in [1.29, 1.82) is 0 Å². The molecule has 2 aliphatic rings. The van der Waals surface area contributed by atoms with E-state index in [-0.39, 0.29) is 18.1 Å². The number of H-pyrrole nitrogens is 1. The molecule has 4 rings (SSSR count). The monoisotopic (exact) mass is 327 g/mol. The van der Waals surface area contributed by atoms with Crippen LogP contribution in [0.5, 0.6) is 0 Å². The maximum atomic E-state index is 12.5. The Hall–Kier alpha value is -2.28. The van der Waals surface area contributed by atoms with E-state index in [9.17, 15) is 4.79 Å². The number of pyridine rings is 1. The van der Waals surface area contributed by atoms with E-state index in [4.69, 9.17) is 4.74 Å². The summed E-state index contributed by atoms with van der Waals surface area (Å²) in [5.74, 6) is 1.87. The topological polar surface area (TPSA) is 92.8 Å². The molecule has 3 heterocycles. The molecule has 1 aliphatic heterocycles. The van der Waals surface area contributed by atoms with Crippen LogP contribution in [0.15, 0.2) is 18.3 Å². The molecule has 24 heavy (non-hydrogen) atoms. The molecule has 2 atom stereocenters. The van der Waals surface area contributed by atoms with Gasteiger partial charge in [-0.3, -0.25) is 14.9 Å². The van der Waals surface area contributed by atoms with E-state index < -0.39 is 0 Å². The van der Waals surface area contributed by atoms with Crippen LogP contribution in [0.1, 0.15) is 65.4 Å². The first-order chi connectivity index (χ1) is 11.7. The highest BCUT2D eigenvalue weighted by atomic mass is 16.5. The van der Waals surface area contributed by atoms with Crippen LogP contribution < -0.4 is 5.32 Å². The van der Waals surface area contributed by atoms with Crippen LogP contribution in [0.4, 0.5) is 0 Å². The Morgan fingerprint density at radius 2 is 2.25 bits per heavy atom. The Balaban J connectivity index is 1.33. The Kier molecular flexibility index (Phi) is 4.02. The molecule has 0 aromatic carbocycles. The van der Waals surface area contributed by atoms with E-state index in [1.807, 2.05) is 19.1 Å². The predicted octanol–water partition coefficient (Wildman–Crippen LogP) is 2.04. The van der Waals surface area contributed by atoms with Crippen molar-refractivity contribution in [2.75, 3.05) is 6.54 Å². The van der Waals surface area contributed by atoms with Crippen molar-refractivity contribution in [3.05, 3.63) is 41.2 Å². The van der Waals surface area contributed by atoms with Crippen molar-refractivity contribution < 1.29 is 9.53 Å². The van der Waals surface area contributed by atoms with Gasteiger partial charge in [-0.2, -0.15) is 5.10 Å². The first-order valence-corrected chi connectivity index (χ1v) is 8.48. The van der Waals surface area contributed by atoms with Crippen molar-refractivity contribution in [2.24, 2.45) is 0 Å². The molecule has 1 saturated carbocycles. The summed E-state index contributed by atoms with van der Waals surface area (Å²) in [5, 5.41) is 9.98. The minimum atomic E-state index is -0.0859. The largest absolute Gasteiger partial charge is 0.365 e. The molecule has 7 nitrogen and oxygen atoms in total. The molecule has 0 unspecified atom stereocenters. The van der Waals surface area contributed by atoms with Crippen LogP contribution in [0.2, 0.25) is 0 Å². The molecule has 1 amide bonds. The van der Waals surface area contributed by atoms with E-state index in [2.05, 4.69) is 25.5 Å². The lowest BCUT2D eigenvalue weighted by Gasteiger charge is -2.14. The molecular formula is C17H21N5O2. The third-order valence-corrected chi connectivity index (χ3v) is 4.55. The molecule has 0 radical (unpaired) electrons. The molecule has 7 heteroatoms. The smallest absolute Gasteiger partial charge is 0.253 e. The van der Waals surface area contributed by atoms with Crippen LogP contribution in [-0.2, 0) is 4.74 Å². The van der Waals surface area contributed by atoms with Crippen LogP contribution in [-0.4, -0.2) is 38.7 Å². The van der Waals surface area contributed by atoms with Gasteiger partial charge in [-0.05, 0) is 44.7 Å². The second kappa shape index (κ2) is 6.32. The molecular weight excluding hydrogens is 306 g/mol. The average Bonchev–Trinajstić information content (AvgIpc) is 3.18. The number of hydrogen-bond acceptors (Lipinski definition) is 5. The summed E-state index contributed by atoms with van der Waals surface area (Å²) < 4.78 is 5.96. The van der Waals surface area contributed by atoms with Crippen molar-refractivity contribution in [3.8, 4) is 0 Å². The number of nitrogens with zero attached hydrogens (tertiary/aromatic N) is 3. The molecule has 2 aromatic rings. The number of carbonyl (C=O) groups excluding carboxylic acids is 1. The molecule has 2 aromatic heterocycles. The van der Waals surface area contributed by atoms with Gasteiger partial charge >= 0.3 is 0 Å². The number of hydrogen-bond donors (Lipinski definition) is 2. The van der Waals surface area contributed by atoms with E-state index >= 15 is 0 Å². The van der Waals surface area contributed by atoms with Gasteiger partial charge in [0.2, 0.25) is 0 Å². The lowest BCUT2D eigenvalue weighted by molar-refractivity contribution is 0.0392. The number of amides is 1. The fourth-order valence-electron chi connectivity index (χ4n) is 3.14. The fraction of sp³-hybridized carbons (Fsp3) is 0.529. The highest BCUT2D eigenvalue weighted by molar-refractivity contribution is 5.95. The lowest BCUT2D eigenvalue weighted by atomic mass is 10.1. The first-order valence-electron chi connectivity index (χ1n) is 8.48. The Morgan fingerprint density at radius 3 is 3.00 bits per heavy atom. The lowest BCUT2D eigenvalue weighted by Crippen LogP contribution is -2.32. The molecule has 0 spiro atoms. The first kappa shape index (κ1) is 15.3. The number of rotatable bonds is 5. The van der Waals surface area contributed by atoms with Crippen LogP contribution >= 0.6 is 0 Å². The second-order valence-corrected chi connectivity index (χ2v) is 6.52. The summed E-state index contributed by atoms with van der Waals surface area (Å²) >= 11 is 0. The summed E-state index contributed by atoms with van der Waals surface area (Å²) in [6.45, 7) is 2.37. The molecule has 1 aliphatic carbocycles. The maximum absolute atomic E-state index is 12.5. The zero-order chi connectivity index (χ0) is 16.5. The zero-order valence-corrected chi connectivity index (χ0v) is 13.7. The van der Waals surface area contributed by atoms with Gasteiger partial charge in [0.15, 0.2) is 5.82 Å². The second-order valence-electron chi connectivity index (χ2n) is 6.52. The summed E-state index contributed by atoms with van der Waals surface area (Å²) in [5.41, 5.74) is 1.62. The number of carbonyl (C=O) groups is 1.